The van der Waals surface area contributed by atoms with Crippen LogP contribution in [-0.4, -0.2) is 5.11 Å². The molecule has 0 spiro atoms. The van der Waals surface area contributed by atoms with Gasteiger partial charge in [-0.15, -0.1) is 11.3 Å². The molecule has 0 aliphatic heterocycles. The van der Waals surface area contributed by atoms with Gasteiger partial charge in [-0.3, -0.25) is 0 Å². The van der Waals surface area contributed by atoms with Crippen LogP contribution in [0.4, 0.5) is 0 Å². The maximum atomic E-state index is 10.2. The Morgan fingerprint density at radius 3 is 2.50 bits per heavy atom. The minimum absolute atomic E-state index is 0.481. The van der Waals surface area contributed by atoms with Crippen LogP contribution >= 0.6 is 11.3 Å². The summed E-state index contributed by atoms with van der Waals surface area (Å²) in [5.41, 5.74) is 2.31. The number of rotatable bonds is 3. The average molecular weight is 232 g/mol. The number of aliphatic hydroxyl groups is 1. The highest BCUT2D eigenvalue weighted by Crippen LogP contribution is 2.31. The second kappa shape index (κ2) is 4.81. The zero-order chi connectivity index (χ0) is 11.5. The molecule has 84 valence electrons. The van der Waals surface area contributed by atoms with Gasteiger partial charge in [0.1, 0.15) is 6.10 Å². The van der Waals surface area contributed by atoms with Crippen molar-refractivity contribution in [2.24, 2.45) is 0 Å². The van der Waals surface area contributed by atoms with E-state index in [4.69, 9.17) is 0 Å². The number of benzene rings is 1. The molecular weight excluding hydrogens is 216 g/mol. The molecular formula is C14H16OS. The quantitative estimate of drug-likeness (QED) is 0.855. The smallest absolute Gasteiger partial charge is 0.113 e. The Morgan fingerprint density at radius 2 is 1.94 bits per heavy atom. The van der Waals surface area contributed by atoms with Crippen molar-refractivity contribution in [1.82, 2.24) is 0 Å². The van der Waals surface area contributed by atoms with E-state index in [1.165, 1.54) is 10.4 Å². The van der Waals surface area contributed by atoms with Gasteiger partial charge in [-0.25, -0.2) is 0 Å². The summed E-state index contributed by atoms with van der Waals surface area (Å²) in [6.07, 6.45) is 0.550. The fraction of sp³-hybridized carbons (Fsp3) is 0.286. The van der Waals surface area contributed by atoms with Crippen molar-refractivity contribution in [2.75, 3.05) is 0 Å². The lowest BCUT2D eigenvalue weighted by atomic mass is 10.1. The van der Waals surface area contributed by atoms with E-state index in [0.29, 0.717) is 0 Å². The fourth-order valence-electron chi connectivity index (χ4n) is 1.83. The lowest BCUT2D eigenvalue weighted by Gasteiger charge is -2.07. The lowest BCUT2D eigenvalue weighted by Crippen LogP contribution is -1.96. The van der Waals surface area contributed by atoms with Gasteiger partial charge in [0.2, 0.25) is 0 Å². The van der Waals surface area contributed by atoms with Crippen LogP contribution in [0, 0.1) is 6.92 Å². The maximum Gasteiger partial charge on any atom is 0.113 e. The molecule has 1 N–H and O–H groups in total. The summed E-state index contributed by atoms with van der Waals surface area (Å²) < 4.78 is 0. The van der Waals surface area contributed by atoms with Gasteiger partial charge in [-0.2, -0.15) is 0 Å². The third kappa shape index (κ3) is 2.18. The van der Waals surface area contributed by atoms with Crippen LogP contribution in [0.3, 0.4) is 0 Å². The number of aliphatic hydroxyl groups excluding tert-OH is 1. The van der Waals surface area contributed by atoms with Gasteiger partial charge in [-0.1, -0.05) is 37.3 Å². The van der Waals surface area contributed by atoms with E-state index in [1.54, 1.807) is 11.3 Å². The van der Waals surface area contributed by atoms with E-state index in [1.807, 2.05) is 30.3 Å². The average Bonchev–Trinajstić information content (AvgIpc) is 2.71. The van der Waals surface area contributed by atoms with Crippen LogP contribution in [-0.2, 0) is 6.42 Å². The van der Waals surface area contributed by atoms with Crippen LogP contribution < -0.4 is 0 Å². The lowest BCUT2D eigenvalue weighted by molar-refractivity contribution is 0.224. The first-order valence-electron chi connectivity index (χ1n) is 5.54. The highest BCUT2D eigenvalue weighted by atomic mass is 32.1. The second-order valence-electron chi connectivity index (χ2n) is 3.90. The number of hydrogen-bond acceptors (Lipinski definition) is 2. The zero-order valence-corrected chi connectivity index (χ0v) is 10.4. The molecule has 1 nitrogen and oxygen atoms in total. The van der Waals surface area contributed by atoms with Gasteiger partial charge in [0.25, 0.3) is 0 Å². The fourth-order valence-corrected chi connectivity index (χ4v) is 2.97. The number of hydrogen-bond donors (Lipinski definition) is 1. The van der Waals surface area contributed by atoms with Crippen LogP contribution in [0.1, 0.15) is 33.9 Å². The van der Waals surface area contributed by atoms with E-state index in [0.717, 1.165) is 16.9 Å². The Kier molecular flexibility index (Phi) is 3.42. The van der Waals surface area contributed by atoms with Gasteiger partial charge in [0.15, 0.2) is 0 Å². The molecule has 0 aliphatic carbocycles. The van der Waals surface area contributed by atoms with Crippen molar-refractivity contribution < 1.29 is 5.11 Å². The van der Waals surface area contributed by atoms with Crippen molar-refractivity contribution in [3.8, 4) is 0 Å². The second-order valence-corrected chi connectivity index (χ2v) is 5.18. The van der Waals surface area contributed by atoms with Crippen molar-refractivity contribution in [1.29, 1.82) is 0 Å². The zero-order valence-electron chi connectivity index (χ0n) is 9.60. The topological polar surface area (TPSA) is 20.2 Å². The van der Waals surface area contributed by atoms with Crippen LogP contribution in [0.2, 0.25) is 0 Å². The number of thiophene rings is 1. The standard InChI is InChI=1S/C14H16OS/c1-3-11-9-13(16-10(11)2)14(15)12-7-5-4-6-8-12/h4-9,14-15H,3H2,1-2H3. The molecule has 0 amide bonds. The van der Waals surface area contributed by atoms with Crippen LogP contribution in [0.5, 0.6) is 0 Å². The summed E-state index contributed by atoms with van der Waals surface area (Å²) in [6, 6.07) is 11.9. The molecule has 1 unspecified atom stereocenters. The molecule has 0 bridgehead atoms. The van der Waals surface area contributed by atoms with E-state index >= 15 is 0 Å². The van der Waals surface area contributed by atoms with Crippen molar-refractivity contribution in [3.63, 3.8) is 0 Å². The monoisotopic (exact) mass is 232 g/mol. The predicted molar refractivity (Wildman–Crippen MR) is 68.9 cm³/mol. The first kappa shape index (κ1) is 11.4. The summed E-state index contributed by atoms with van der Waals surface area (Å²) in [5, 5.41) is 10.2. The van der Waals surface area contributed by atoms with E-state index in [-0.39, 0.29) is 0 Å². The molecule has 16 heavy (non-hydrogen) atoms. The Labute approximate surface area is 100 Å². The van der Waals surface area contributed by atoms with Gasteiger partial charge >= 0.3 is 0 Å². The van der Waals surface area contributed by atoms with Crippen molar-refractivity contribution in [2.45, 2.75) is 26.4 Å². The largest absolute Gasteiger partial charge is 0.383 e. The Balaban J connectivity index is 2.31. The Morgan fingerprint density at radius 1 is 1.25 bits per heavy atom. The summed E-state index contributed by atoms with van der Waals surface area (Å²) in [4.78, 5) is 2.35. The first-order chi connectivity index (χ1) is 7.72. The Hall–Kier alpha value is -1.12. The van der Waals surface area contributed by atoms with Crippen LogP contribution in [0.25, 0.3) is 0 Å². The molecule has 1 aromatic heterocycles. The van der Waals surface area contributed by atoms with E-state index in [9.17, 15) is 5.11 Å². The molecule has 1 aromatic carbocycles. The van der Waals surface area contributed by atoms with Gasteiger partial charge in [-0.05, 0) is 30.5 Å². The summed E-state index contributed by atoms with van der Waals surface area (Å²) in [7, 11) is 0. The highest BCUT2D eigenvalue weighted by molar-refractivity contribution is 7.12. The highest BCUT2D eigenvalue weighted by Gasteiger charge is 2.13. The molecule has 1 atom stereocenters. The SMILES string of the molecule is CCc1cc(C(O)c2ccccc2)sc1C. The van der Waals surface area contributed by atoms with Crippen molar-refractivity contribution in [3.05, 3.63) is 57.3 Å². The van der Waals surface area contributed by atoms with E-state index < -0.39 is 6.10 Å². The first-order valence-corrected chi connectivity index (χ1v) is 6.36. The normalized spacial score (nSPS) is 12.7. The minimum Gasteiger partial charge on any atom is -0.383 e. The summed E-state index contributed by atoms with van der Waals surface area (Å²) in [6.45, 7) is 4.26. The molecule has 0 saturated heterocycles. The van der Waals surface area contributed by atoms with E-state index in [2.05, 4.69) is 19.9 Å². The predicted octanol–water partition coefficient (Wildman–Crippen LogP) is 3.70. The maximum absolute atomic E-state index is 10.2. The molecule has 0 saturated carbocycles. The van der Waals surface area contributed by atoms with Gasteiger partial charge < -0.3 is 5.11 Å². The van der Waals surface area contributed by atoms with Gasteiger partial charge in [0, 0.05) is 9.75 Å². The minimum atomic E-state index is -0.481. The Bertz CT molecular complexity index is 459. The molecule has 0 radical (unpaired) electrons. The van der Waals surface area contributed by atoms with Crippen molar-refractivity contribution >= 4 is 11.3 Å². The molecule has 2 rings (SSSR count). The summed E-state index contributed by atoms with van der Waals surface area (Å²) >= 11 is 1.69. The van der Waals surface area contributed by atoms with Crippen LogP contribution in [0.15, 0.2) is 36.4 Å². The molecule has 2 aromatic rings. The third-order valence-corrected chi connectivity index (χ3v) is 3.95. The number of aryl methyl sites for hydroxylation is 2. The van der Waals surface area contributed by atoms with Gasteiger partial charge in [0.05, 0.1) is 0 Å². The molecule has 0 fully saturated rings. The molecule has 0 aliphatic rings. The molecule has 1 heterocycles. The third-order valence-electron chi connectivity index (χ3n) is 2.81. The molecule has 2 heteroatoms. The summed E-state index contributed by atoms with van der Waals surface area (Å²) in [5.74, 6) is 0.